The third kappa shape index (κ3) is 3.40. The highest BCUT2D eigenvalue weighted by molar-refractivity contribution is 7.91. The molecule has 0 bridgehead atoms. The zero-order chi connectivity index (χ0) is 11.6. The second kappa shape index (κ2) is 4.42. The summed E-state index contributed by atoms with van der Waals surface area (Å²) in [5, 5.41) is 4.98. The van der Waals surface area contributed by atoms with Crippen LogP contribution in [0, 0.1) is 5.92 Å². The van der Waals surface area contributed by atoms with Crippen LogP contribution in [0.2, 0.25) is 0 Å². The highest BCUT2D eigenvalue weighted by Gasteiger charge is 2.14. The number of ketones is 1. The van der Waals surface area contributed by atoms with Gasteiger partial charge >= 0.3 is 0 Å². The predicted molar refractivity (Wildman–Crippen MR) is 59.2 cm³/mol. The molecule has 6 heteroatoms. The Morgan fingerprint density at radius 1 is 1.53 bits per heavy atom. The van der Waals surface area contributed by atoms with Crippen molar-refractivity contribution in [1.82, 2.24) is 0 Å². The zero-order valence-electron chi connectivity index (χ0n) is 8.56. The van der Waals surface area contributed by atoms with Gasteiger partial charge in [0.1, 0.15) is 9.99 Å². The fourth-order valence-corrected chi connectivity index (χ4v) is 2.97. The van der Waals surface area contributed by atoms with Crippen LogP contribution in [0.15, 0.2) is 16.3 Å². The van der Waals surface area contributed by atoms with Crippen LogP contribution in [-0.4, -0.2) is 14.2 Å². The molecule has 4 nitrogen and oxygen atoms in total. The Labute approximate surface area is 93.2 Å². The summed E-state index contributed by atoms with van der Waals surface area (Å²) in [6.07, 6.45) is 0.565. The van der Waals surface area contributed by atoms with E-state index in [0.717, 1.165) is 16.2 Å². The SMILES string of the molecule is CC(=O)C(C)Cc1ccc(S(N)(=O)=O)s1. The number of hydrogen-bond donors (Lipinski definition) is 1. The van der Waals surface area contributed by atoms with Crippen LogP contribution in [-0.2, 0) is 21.2 Å². The summed E-state index contributed by atoms with van der Waals surface area (Å²) in [5.41, 5.74) is 0. The van der Waals surface area contributed by atoms with Crippen molar-refractivity contribution in [3.63, 3.8) is 0 Å². The normalized spacial score (nSPS) is 13.8. The number of nitrogens with two attached hydrogens (primary N) is 1. The van der Waals surface area contributed by atoms with Crippen LogP contribution in [0.4, 0.5) is 0 Å². The molecule has 0 spiro atoms. The highest BCUT2D eigenvalue weighted by Crippen LogP contribution is 2.22. The molecule has 0 aliphatic rings. The average molecular weight is 247 g/mol. The molecule has 1 atom stereocenters. The molecule has 1 rings (SSSR count). The average Bonchev–Trinajstić information content (AvgIpc) is 2.51. The molecule has 0 saturated heterocycles. The lowest BCUT2D eigenvalue weighted by atomic mass is 10.0. The minimum Gasteiger partial charge on any atom is -0.300 e. The van der Waals surface area contributed by atoms with E-state index in [-0.39, 0.29) is 15.9 Å². The molecule has 1 heterocycles. The molecule has 84 valence electrons. The van der Waals surface area contributed by atoms with Gasteiger partial charge in [0, 0.05) is 10.8 Å². The first kappa shape index (κ1) is 12.4. The lowest BCUT2D eigenvalue weighted by molar-refractivity contribution is -0.120. The second-order valence-electron chi connectivity index (χ2n) is 3.48. The Morgan fingerprint density at radius 3 is 2.53 bits per heavy atom. The molecule has 0 aliphatic heterocycles. The van der Waals surface area contributed by atoms with E-state index in [1.54, 1.807) is 6.07 Å². The monoisotopic (exact) mass is 247 g/mol. The minimum absolute atomic E-state index is 0.0861. The van der Waals surface area contributed by atoms with Gasteiger partial charge in [-0.1, -0.05) is 6.92 Å². The lowest BCUT2D eigenvalue weighted by Crippen LogP contribution is -2.10. The number of sulfonamides is 1. The number of hydrogen-bond acceptors (Lipinski definition) is 4. The van der Waals surface area contributed by atoms with Gasteiger partial charge in [-0.25, -0.2) is 13.6 Å². The maximum Gasteiger partial charge on any atom is 0.247 e. The van der Waals surface area contributed by atoms with Crippen molar-refractivity contribution in [2.75, 3.05) is 0 Å². The molecule has 0 aliphatic carbocycles. The van der Waals surface area contributed by atoms with Gasteiger partial charge < -0.3 is 0 Å². The van der Waals surface area contributed by atoms with Crippen molar-refractivity contribution in [1.29, 1.82) is 0 Å². The van der Waals surface area contributed by atoms with Crippen LogP contribution < -0.4 is 5.14 Å². The molecule has 15 heavy (non-hydrogen) atoms. The molecule has 0 aromatic carbocycles. The molecule has 2 N–H and O–H groups in total. The second-order valence-corrected chi connectivity index (χ2v) is 6.44. The van der Waals surface area contributed by atoms with Crippen LogP contribution in [0.25, 0.3) is 0 Å². The van der Waals surface area contributed by atoms with E-state index in [0.29, 0.717) is 6.42 Å². The van der Waals surface area contributed by atoms with E-state index in [9.17, 15) is 13.2 Å². The molecule has 0 saturated carbocycles. The summed E-state index contributed by atoms with van der Waals surface area (Å²) in [4.78, 5) is 11.9. The first-order valence-electron chi connectivity index (χ1n) is 4.42. The Morgan fingerprint density at radius 2 is 2.13 bits per heavy atom. The van der Waals surface area contributed by atoms with E-state index < -0.39 is 10.0 Å². The third-order valence-corrected chi connectivity index (χ3v) is 4.66. The number of carbonyl (C=O) groups excluding carboxylic acids is 1. The largest absolute Gasteiger partial charge is 0.300 e. The number of primary sulfonamides is 1. The van der Waals surface area contributed by atoms with Gasteiger partial charge in [-0.3, -0.25) is 4.79 Å². The summed E-state index contributed by atoms with van der Waals surface area (Å²) < 4.78 is 22.1. The third-order valence-electron chi connectivity index (χ3n) is 2.12. The minimum atomic E-state index is -3.60. The predicted octanol–water partition coefficient (Wildman–Crippen LogP) is 1.16. The Bertz CT molecular complexity index is 461. The van der Waals surface area contributed by atoms with Crippen molar-refractivity contribution >= 4 is 27.1 Å². The van der Waals surface area contributed by atoms with Crippen LogP contribution in [0.3, 0.4) is 0 Å². The Kier molecular flexibility index (Phi) is 3.64. The molecular formula is C9H13NO3S2. The first-order chi connectivity index (χ1) is 6.80. The van der Waals surface area contributed by atoms with E-state index in [4.69, 9.17) is 5.14 Å². The van der Waals surface area contributed by atoms with Crippen molar-refractivity contribution in [2.24, 2.45) is 11.1 Å². The fraction of sp³-hybridized carbons (Fsp3) is 0.444. The maximum absolute atomic E-state index is 11.0. The van der Waals surface area contributed by atoms with Gasteiger partial charge in [0.25, 0.3) is 0 Å². The van der Waals surface area contributed by atoms with E-state index in [2.05, 4.69) is 0 Å². The van der Waals surface area contributed by atoms with Crippen LogP contribution in [0.1, 0.15) is 18.7 Å². The van der Waals surface area contributed by atoms with Crippen molar-refractivity contribution in [3.8, 4) is 0 Å². The molecule has 0 amide bonds. The molecule has 1 aromatic heterocycles. The number of Topliss-reactive ketones (excluding diaryl/α,β-unsaturated/α-hetero) is 1. The maximum atomic E-state index is 11.0. The topological polar surface area (TPSA) is 77.2 Å². The Balaban J connectivity index is 2.82. The summed E-state index contributed by atoms with van der Waals surface area (Å²) in [5.74, 6) is 0.0116. The number of thiophene rings is 1. The summed E-state index contributed by atoms with van der Waals surface area (Å²) >= 11 is 1.12. The summed E-state index contributed by atoms with van der Waals surface area (Å²) in [6, 6.07) is 3.17. The van der Waals surface area contributed by atoms with Gasteiger partial charge in [0.15, 0.2) is 0 Å². The van der Waals surface area contributed by atoms with Gasteiger partial charge in [-0.2, -0.15) is 0 Å². The summed E-state index contributed by atoms with van der Waals surface area (Å²) in [7, 11) is -3.60. The molecule has 0 fully saturated rings. The molecule has 1 aromatic rings. The van der Waals surface area contributed by atoms with Gasteiger partial charge in [0.2, 0.25) is 10.0 Å². The lowest BCUT2D eigenvalue weighted by Gasteiger charge is -2.03. The zero-order valence-corrected chi connectivity index (χ0v) is 10.2. The van der Waals surface area contributed by atoms with E-state index >= 15 is 0 Å². The van der Waals surface area contributed by atoms with Crippen molar-refractivity contribution < 1.29 is 13.2 Å². The van der Waals surface area contributed by atoms with Crippen LogP contribution >= 0.6 is 11.3 Å². The molecular weight excluding hydrogens is 234 g/mol. The summed E-state index contributed by atoms with van der Waals surface area (Å²) in [6.45, 7) is 3.34. The Hall–Kier alpha value is -0.720. The fourth-order valence-electron chi connectivity index (χ4n) is 1.07. The standard InChI is InChI=1S/C9H13NO3S2/c1-6(7(2)11)5-8-3-4-9(14-8)15(10,12)13/h3-4,6H,5H2,1-2H3,(H2,10,12,13). The van der Waals surface area contributed by atoms with Crippen molar-refractivity contribution in [3.05, 3.63) is 17.0 Å². The quantitative estimate of drug-likeness (QED) is 0.867. The first-order valence-corrected chi connectivity index (χ1v) is 6.79. The smallest absolute Gasteiger partial charge is 0.247 e. The van der Waals surface area contributed by atoms with E-state index in [1.165, 1.54) is 13.0 Å². The van der Waals surface area contributed by atoms with Crippen molar-refractivity contribution in [2.45, 2.75) is 24.5 Å². The van der Waals surface area contributed by atoms with Gasteiger partial charge in [-0.05, 0) is 25.5 Å². The number of rotatable bonds is 4. The molecule has 0 radical (unpaired) electrons. The van der Waals surface area contributed by atoms with Gasteiger partial charge in [0.05, 0.1) is 0 Å². The van der Waals surface area contributed by atoms with Crippen LogP contribution in [0.5, 0.6) is 0 Å². The number of carbonyl (C=O) groups is 1. The van der Waals surface area contributed by atoms with E-state index in [1.807, 2.05) is 6.92 Å². The highest BCUT2D eigenvalue weighted by atomic mass is 32.2. The van der Waals surface area contributed by atoms with Gasteiger partial charge in [-0.15, -0.1) is 11.3 Å². The molecule has 1 unspecified atom stereocenters.